The van der Waals surface area contributed by atoms with E-state index in [4.69, 9.17) is 11.6 Å². The largest absolute Gasteiger partial charge is 0.332 e. The molecule has 5 nitrogen and oxygen atoms in total. The van der Waals surface area contributed by atoms with Gasteiger partial charge < -0.3 is 10.00 Å². The Labute approximate surface area is 114 Å². The van der Waals surface area contributed by atoms with E-state index in [1.54, 1.807) is 29.2 Å². The molecule has 19 heavy (non-hydrogen) atoms. The van der Waals surface area contributed by atoms with Gasteiger partial charge >= 0.3 is 0 Å². The molecule has 0 fully saturated rings. The van der Waals surface area contributed by atoms with Gasteiger partial charge in [0.15, 0.2) is 0 Å². The van der Waals surface area contributed by atoms with E-state index < -0.39 is 0 Å². The molecule has 1 aromatic carbocycles. The number of aromatic nitrogens is 2. The molecule has 3 rings (SSSR count). The van der Waals surface area contributed by atoms with Crippen LogP contribution in [0.2, 0.25) is 5.02 Å². The molecule has 0 spiro atoms. The molecule has 1 amide bonds. The first-order valence-corrected chi connectivity index (χ1v) is 6.36. The van der Waals surface area contributed by atoms with E-state index in [9.17, 15) is 9.59 Å². The summed E-state index contributed by atoms with van der Waals surface area (Å²) in [5, 5.41) is 5.97. The minimum atomic E-state index is -0.0893. The van der Waals surface area contributed by atoms with Crippen molar-refractivity contribution in [3.63, 3.8) is 0 Å². The fourth-order valence-corrected chi connectivity index (χ4v) is 2.41. The van der Waals surface area contributed by atoms with Gasteiger partial charge in [0.1, 0.15) is 0 Å². The molecule has 0 saturated heterocycles. The molecule has 2 N–H and O–H groups in total. The van der Waals surface area contributed by atoms with Crippen molar-refractivity contribution in [2.75, 3.05) is 6.54 Å². The summed E-state index contributed by atoms with van der Waals surface area (Å²) in [6, 6.07) is 6.81. The highest BCUT2D eigenvalue weighted by atomic mass is 35.5. The Morgan fingerprint density at radius 2 is 1.95 bits per heavy atom. The minimum Gasteiger partial charge on any atom is -0.332 e. The van der Waals surface area contributed by atoms with Gasteiger partial charge in [-0.15, -0.1) is 0 Å². The van der Waals surface area contributed by atoms with E-state index in [1.165, 1.54) is 0 Å². The first-order valence-electron chi connectivity index (χ1n) is 5.98. The lowest BCUT2D eigenvalue weighted by molar-refractivity contribution is 0.0732. The van der Waals surface area contributed by atoms with Crippen LogP contribution in [-0.4, -0.2) is 27.5 Å². The van der Waals surface area contributed by atoms with Gasteiger partial charge in [0.05, 0.1) is 12.2 Å². The number of benzene rings is 1. The molecule has 2 aromatic rings. The predicted molar refractivity (Wildman–Crippen MR) is 71.3 cm³/mol. The van der Waals surface area contributed by atoms with Crippen LogP contribution < -0.4 is 5.56 Å². The van der Waals surface area contributed by atoms with Gasteiger partial charge in [-0.25, -0.2) is 0 Å². The van der Waals surface area contributed by atoms with Crippen LogP contribution in [0.4, 0.5) is 0 Å². The standard InChI is InChI=1S/C13H12ClN3O2/c14-9-3-1-8(2-4-9)13(19)17-6-5-10-11(7-17)15-16-12(10)18/h1-4H,5-7H2,(H2,15,16,18). The Balaban J connectivity index is 1.83. The van der Waals surface area contributed by atoms with E-state index in [-0.39, 0.29) is 11.5 Å². The molecule has 1 aliphatic heterocycles. The highest BCUT2D eigenvalue weighted by Crippen LogP contribution is 2.17. The van der Waals surface area contributed by atoms with Gasteiger partial charge in [0.2, 0.25) is 0 Å². The Hall–Kier alpha value is -2.01. The fourth-order valence-electron chi connectivity index (χ4n) is 2.28. The van der Waals surface area contributed by atoms with Gasteiger partial charge in [-0.3, -0.25) is 14.7 Å². The summed E-state index contributed by atoms with van der Waals surface area (Å²) >= 11 is 5.80. The normalized spacial score (nSPS) is 14.3. The second-order valence-electron chi connectivity index (χ2n) is 4.52. The SMILES string of the molecule is O=C(c1ccc(Cl)cc1)N1CCc2c([nH][nH]c2=O)C1. The highest BCUT2D eigenvalue weighted by Gasteiger charge is 2.24. The van der Waals surface area contributed by atoms with Crippen molar-refractivity contribution < 1.29 is 4.79 Å². The maximum atomic E-state index is 12.3. The lowest BCUT2D eigenvalue weighted by Gasteiger charge is -2.26. The van der Waals surface area contributed by atoms with E-state index in [2.05, 4.69) is 10.2 Å². The van der Waals surface area contributed by atoms with Crippen LogP contribution >= 0.6 is 11.6 Å². The molecule has 0 atom stereocenters. The number of carbonyl (C=O) groups excluding carboxylic acids is 1. The maximum absolute atomic E-state index is 12.3. The maximum Gasteiger partial charge on any atom is 0.267 e. The van der Waals surface area contributed by atoms with E-state index >= 15 is 0 Å². The minimum absolute atomic E-state index is 0.0515. The number of aromatic amines is 2. The summed E-state index contributed by atoms with van der Waals surface area (Å²) in [6.45, 7) is 0.977. The molecule has 1 aromatic heterocycles. The van der Waals surface area contributed by atoms with Gasteiger partial charge in [-0.2, -0.15) is 0 Å². The number of hydrogen-bond acceptors (Lipinski definition) is 2. The highest BCUT2D eigenvalue weighted by molar-refractivity contribution is 6.30. The second kappa shape index (κ2) is 4.59. The average Bonchev–Trinajstić information content (AvgIpc) is 2.80. The Morgan fingerprint density at radius 1 is 1.21 bits per heavy atom. The van der Waals surface area contributed by atoms with Crippen LogP contribution in [0.1, 0.15) is 21.6 Å². The monoisotopic (exact) mass is 277 g/mol. The third-order valence-corrected chi connectivity index (χ3v) is 3.58. The number of hydrogen-bond donors (Lipinski definition) is 2. The van der Waals surface area contributed by atoms with Crippen molar-refractivity contribution in [2.45, 2.75) is 13.0 Å². The molecule has 0 radical (unpaired) electrons. The lowest BCUT2D eigenvalue weighted by atomic mass is 10.1. The number of nitrogens with zero attached hydrogens (tertiary/aromatic N) is 1. The Bertz CT molecular complexity index is 672. The number of carbonyl (C=O) groups is 1. The van der Waals surface area contributed by atoms with Gasteiger partial charge in [0, 0.05) is 22.7 Å². The van der Waals surface area contributed by atoms with Gasteiger partial charge in [-0.05, 0) is 30.7 Å². The van der Waals surface area contributed by atoms with Crippen molar-refractivity contribution >= 4 is 17.5 Å². The van der Waals surface area contributed by atoms with Gasteiger partial charge in [0.25, 0.3) is 11.5 Å². The van der Waals surface area contributed by atoms with Crippen molar-refractivity contribution in [1.82, 2.24) is 15.1 Å². The molecule has 1 aliphatic rings. The smallest absolute Gasteiger partial charge is 0.267 e. The predicted octanol–water partition coefficient (Wildman–Crippen LogP) is 1.55. The molecule has 98 valence electrons. The molecule has 0 aliphatic carbocycles. The molecule has 2 heterocycles. The van der Waals surface area contributed by atoms with E-state index in [0.29, 0.717) is 30.1 Å². The fraction of sp³-hybridized carbons (Fsp3) is 0.231. The van der Waals surface area contributed by atoms with Crippen molar-refractivity contribution in [2.24, 2.45) is 0 Å². The van der Waals surface area contributed by atoms with Crippen LogP contribution in [0.15, 0.2) is 29.1 Å². The number of rotatable bonds is 1. The topological polar surface area (TPSA) is 69.0 Å². The summed E-state index contributed by atoms with van der Waals surface area (Å²) < 4.78 is 0. The number of H-pyrrole nitrogens is 2. The van der Waals surface area contributed by atoms with Gasteiger partial charge in [-0.1, -0.05) is 11.6 Å². The molecular formula is C13H12ClN3O2. The van der Waals surface area contributed by atoms with Crippen LogP contribution in [-0.2, 0) is 13.0 Å². The lowest BCUT2D eigenvalue weighted by Crippen LogP contribution is -2.36. The summed E-state index contributed by atoms with van der Waals surface area (Å²) in [4.78, 5) is 25.5. The summed E-state index contributed by atoms with van der Waals surface area (Å²) in [6.07, 6.45) is 0.577. The molecular weight excluding hydrogens is 266 g/mol. The number of halogens is 1. The third-order valence-electron chi connectivity index (χ3n) is 3.32. The quantitative estimate of drug-likeness (QED) is 0.830. The third kappa shape index (κ3) is 2.17. The van der Waals surface area contributed by atoms with Crippen molar-refractivity contribution in [3.05, 3.63) is 56.5 Å². The van der Waals surface area contributed by atoms with Crippen LogP contribution in [0, 0.1) is 0 Å². The van der Waals surface area contributed by atoms with Crippen molar-refractivity contribution in [1.29, 1.82) is 0 Å². The average molecular weight is 278 g/mol. The molecule has 0 bridgehead atoms. The summed E-state index contributed by atoms with van der Waals surface area (Å²) in [5.41, 5.74) is 2.05. The van der Waals surface area contributed by atoms with E-state index in [1.807, 2.05) is 0 Å². The number of amides is 1. The van der Waals surface area contributed by atoms with Crippen LogP contribution in [0.25, 0.3) is 0 Å². The zero-order valence-corrected chi connectivity index (χ0v) is 10.8. The zero-order valence-electron chi connectivity index (χ0n) is 10.1. The summed E-state index contributed by atoms with van der Waals surface area (Å²) in [5.74, 6) is -0.0515. The second-order valence-corrected chi connectivity index (χ2v) is 4.96. The summed E-state index contributed by atoms with van der Waals surface area (Å²) in [7, 11) is 0. The Morgan fingerprint density at radius 3 is 2.68 bits per heavy atom. The van der Waals surface area contributed by atoms with E-state index in [0.717, 1.165) is 11.3 Å². The first-order chi connectivity index (χ1) is 9.15. The zero-order chi connectivity index (χ0) is 13.4. The first kappa shape index (κ1) is 12.0. The van der Waals surface area contributed by atoms with Crippen LogP contribution in [0.5, 0.6) is 0 Å². The molecule has 0 unspecified atom stereocenters. The number of fused-ring (bicyclic) bond motifs is 1. The molecule has 0 saturated carbocycles. The molecule has 6 heteroatoms. The number of nitrogens with one attached hydrogen (secondary N) is 2. The Kier molecular flexibility index (Phi) is 2.91. The van der Waals surface area contributed by atoms with Crippen LogP contribution in [0.3, 0.4) is 0 Å². The van der Waals surface area contributed by atoms with Crippen molar-refractivity contribution in [3.8, 4) is 0 Å².